The molecule has 0 aromatic rings. The Morgan fingerprint density at radius 2 is 2.19 bits per heavy atom. The maximum absolute atomic E-state index is 13.0. The monoisotopic (exact) mass is 298 g/mol. The summed E-state index contributed by atoms with van der Waals surface area (Å²) in [5.41, 5.74) is 5.35. The third-order valence-electron chi connectivity index (χ3n) is 5.55. The number of hydrogen-bond donors (Lipinski definition) is 2. The van der Waals surface area contributed by atoms with Gasteiger partial charge in [0, 0.05) is 37.6 Å². The van der Waals surface area contributed by atoms with E-state index in [-0.39, 0.29) is 30.1 Å². The zero-order valence-electron chi connectivity index (χ0n) is 13.6. The first-order valence-electron chi connectivity index (χ1n) is 8.21. The van der Waals surface area contributed by atoms with Crippen molar-refractivity contribution in [3.8, 4) is 0 Å². The van der Waals surface area contributed by atoms with Crippen LogP contribution in [0.15, 0.2) is 0 Å². The Kier molecular flexibility index (Phi) is 4.96. The molecule has 2 aliphatic rings. The molecule has 0 aromatic carbocycles. The van der Waals surface area contributed by atoms with Gasteiger partial charge in [-0.2, -0.15) is 0 Å². The molecule has 2 rings (SSSR count). The van der Waals surface area contributed by atoms with E-state index >= 15 is 0 Å². The molecule has 1 heterocycles. The van der Waals surface area contributed by atoms with Gasteiger partial charge in [0.1, 0.15) is 5.54 Å². The Morgan fingerprint density at radius 3 is 2.76 bits per heavy atom. The molecule has 1 saturated carbocycles. The Balaban J connectivity index is 2.05. The van der Waals surface area contributed by atoms with Crippen LogP contribution in [-0.4, -0.2) is 53.4 Å². The summed E-state index contributed by atoms with van der Waals surface area (Å²) in [5, 5.41) is 9.00. The van der Waals surface area contributed by atoms with E-state index in [2.05, 4.69) is 0 Å². The molecule has 0 aromatic heterocycles. The largest absolute Gasteiger partial charge is 0.396 e. The fraction of sp³-hybridized carbons (Fsp3) is 0.938. The summed E-state index contributed by atoms with van der Waals surface area (Å²) in [5.74, 6) is 0.0730. The zero-order valence-corrected chi connectivity index (χ0v) is 13.6. The number of aliphatic hydroxyl groups excluding tert-OH is 1. The first-order valence-corrected chi connectivity index (χ1v) is 8.21. The number of carbonyl (C=O) groups is 1. The lowest BCUT2D eigenvalue weighted by molar-refractivity contribution is -0.180. The van der Waals surface area contributed by atoms with E-state index < -0.39 is 5.54 Å². The molecule has 3 atom stereocenters. The minimum Gasteiger partial charge on any atom is -0.396 e. The smallest absolute Gasteiger partial charge is 0.243 e. The van der Waals surface area contributed by atoms with Gasteiger partial charge in [-0.1, -0.05) is 13.8 Å². The number of amides is 1. The number of carbonyl (C=O) groups excluding carboxylic acids is 1. The summed E-state index contributed by atoms with van der Waals surface area (Å²) < 4.78 is 5.71. The van der Waals surface area contributed by atoms with Crippen LogP contribution in [-0.2, 0) is 9.53 Å². The molecule has 122 valence electrons. The number of nitrogens with zero attached hydrogens (tertiary/aromatic N) is 1. The summed E-state index contributed by atoms with van der Waals surface area (Å²) in [6.07, 6.45) is 4.35. The fourth-order valence-corrected chi connectivity index (χ4v) is 3.78. The third kappa shape index (κ3) is 2.71. The first-order chi connectivity index (χ1) is 9.88. The quantitative estimate of drug-likeness (QED) is 0.774. The van der Waals surface area contributed by atoms with Gasteiger partial charge in [-0.15, -0.1) is 0 Å². The summed E-state index contributed by atoms with van der Waals surface area (Å²) in [7, 11) is 0. The molecule has 5 nitrogen and oxygen atoms in total. The summed E-state index contributed by atoms with van der Waals surface area (Å²) in [6.45, 7) is 7.68. The second kappa shape index (κ2) is 6.23. The predicted molar refractivity (Wildman–Crippen MR) is 81.8 cm³/mol. The van der Waals surface area contributed by atoms with E-state index in [1.807, 2.05) is 25.7 Å². The van der Waals surface area contributed by atoms with Gasteiger partial charge < -0.3 is 20.5 Å². The Labute approximate surface area is 127 Å². The molecule has 5 heteroatoms. The highest BCUT2D eigenvalue weighted by Crippen LogP contribution is 2.51. The van der Waals surface area contributed by atoms with Crippen LogP contribution in [0.3, 0.4) is 0 Å². The Hall–Kier alpha value is -0.650. The molecule has 21 heavy (non-hydrogen) atoms. The van der Waals surface area contributed by atoms with Crippen LogP contribution in [0.5, 0.6) is 0 Å². The van der Waals surface area contributed by atoms with Gasteiger partial charge in [0.15, 0.2) is 0 Å². The van der Waals surface area contributed by atoms with Gasteiger partial charge in [0.2, 0.25) is 5.91 Å². The Bertz CT molecular complexity index is 386. The molecule has 0 bridgehead atoms. The first kappa shape index (κ1) is 16.7. The number of aliphatic hydroxyl groups is 1. The highest BCUT2D eigenvalue weighted by atomic mass is 16.5. The van der Waals surface area contributed by atoms with E-state index in [0.29, 0.717) is 13.0 Å². The van der Waals surface area contributed by atoms with Crippen molar-refractivity contribution in [2.45, 2.75) is 70.6 Å². The minimum absolute atomic E-state index is 0.0648. The van der Waals surface area contributed by atoms with Gasteiger partial charge in [-0.25, -0.2) is 0 Å². The molecule has 0 spiro atoms. The molecule has 1 saturated heterocycles. The minimum atomic E-state index is -0.811. The van der Waals surface area contributed by atoms with E-state index in [4.69, 9.17) is 15.6 Å². The lowest BCUT2D eigenvalue weighted by Gasteiger charge is -2.58. The highest BCUT2D eigenvalue weighted by molar-refractivity contribution is 5.89. The maximum atomic E-state index is 13.0. The molecular weight excluding hydrogens is 268 g/mol. The van der Waals surface area contributed by atoms with Crippen molar-refractivity contribution in [2.75, 3.05) is 19.8 Å². The van der Waals surface area contributed by atoms with Crippen molar-refractivity contribution in [2.24, 2.45) is 11.1 Å². The lowest BCUT2D eigenvalue weighted by Crippen LogP contribution is -2.76. The molecule has 3 unspecified atom stereocenters. The van der Waals surface area contributed by atoms with Gasteiger partial charge in [-0.3, -0.25) is 4.79 Å². The summed E-state index contributed by atoms with van der Waals surface area (Å²) in [6, 6.07) is 0.243. The molecule has 1 amide bonds. The van der Waals surface area contributed by atoms with Gasteiger partial charge in [-0.05, 0) is 32.6 Å². The summed E-state index contributed by atoms with van der Waals surface area (Å²) >= 11 is 0. The van der Waals surface area contributed by atoms with Gasteiger partial charge in [0.05, 0.1) is 6.10 Å². The fourth-order valence-electron chi connectivity index (χ4n) is 3.78. The maximum Gasteiger partial charge on any atom is 0.243 e. The van der Waals surface area contributed by atoms with Gasteiger partial charge in [0.25, 0.3) is 0 Å². The summed E-state index contributed by atoms with van der Waals surface area (Å²) in [4.78, 5) is 14.9. The molecule has 1 aliphatic carbocycles. The normalized spacial score (nSPS) is 34.8. The van der Waals surface area contributed by atoms with Crippen molar-refractivity contribution >= 4 is 5.91 Å². The Morgan fingerprint density at radius 1 is 1.48 bits per heavy atom. The number of likely N-dealkylation sites (tertiary alicyclic amines) is 1. The van der Waals surface area contributed by atoms with Crippen LogP contribution in [0, 0.1) is 5.41 Å². The van der Waals surface area contributed by atoms with Crippen LogP contribution in [0.4, 0.5) is 0 Å². The van der Waals surface area contributed by atoms with E-state index in [9.17, 15) is 4.79 Å². The zero-order chi connectivity index (χ0) is 15.7. The topological polar surface area (TPSA) is 75.8 Å². The second-order valence-electron chi connectivity index (χ2n) is 7.00. The van der Waals surface area contributed by atoms with Crippen molar-refractivity contribution in [3.05, 3.63) is 0 Å². The number of ether oxygens (including phenoxy) is 1. The van der Waals surface area contributed by atoms with Crippen molar-refractivity contribution in [1.82, 2.24) is 4.90 Å². The average molecular weight is 298 g/mol. The third-order valence-corrected chi connectivity index (χ3v) is 5.55. The van der Waals surface area contributed by atoms with E-state index in [0.717, 1.165) is 32.2 Å². The second-order valence-corrected chi connectivity index (χ2v) is 7.00. The standard InChI is InChI=1S/C16H30N2O3/c1-4-21-13-11-16(17,15(13,2)3)14(20)18-9-5-7-12(18)8-6-10-19/h12-13,19H,4-11,17H2,1-3H3. The predicted octanol–water partition coefficient (Wildman–Crippen LogP) is 1.28. The lowest BCUT2D eigenvalue weighted by atomic mass is 9.54. The van der Waals surface area contributed by atoms with E-state index in [1.54, 1.807) is 0 Å². The SMILES string of the molecule is CCOC1CC(N)(C(=O)N2CCCC2CCCO)C1(C)C. The number of nitrogens with two attached hydrogens (primary N) is 1. The van der Waals surface area contributed by atoms with E-state index in [1.165, 1.54) is 0 Å². The van der Waals surface area contributed by atoms with Crippen molar-refractivity contribution < 1.29 is 14.6 Å². The van der Waals surface area contributed by atoms with Crippen LogP contribution >= 0.6 is 0 Å². The van der Waals surface area contributed by atoms with Crippen LogP contribution in [0.1, 0.15) is 52.9 Å². The highest BCUT2D eigenvalue weighted by Gasteiger charge is 2.64. The molecular formula is C16H30N2O3. The van der Waals surface area contributed by atoms with Crippen molar-refractivity contribution in [3.63, 3.8) is 0 Å². The average Bonchev–Trinajstić information content (AvgIpc) is 2.92. The van der Waals surface area contributed by atoms with Crippen LogP contribution < -0.4 is 5.73 Å². The van der Waals surface area contributed by atoms with Crippen LogP contribution in [0.2, 0.25) is 0 Å². The molecule has 1 aliphatic heterocycles. The molecule has 0 radical (unpaired) electrons. The van der Waals surface area contributed by atoms with Gasteiger partial charge >= 0.3 is 0 Å². The van der Waals surface area contributed by atoms with Crippen molar-refractivity contribution in [1.29, 1.82) is 0 Å². The number of hydrogen-bond acceptors (Lipinski definition) is 4. The molecule has 2 fully saturated rings. The van der Waals surface area contributed by atoms with Crippen LogP contribution in [0.25, 0.3) is 0 Å². The number of rotatable bonds is 6. The molecule has 3 N–H and O–H groups in total.